The second kappa shape index (κ2) is 10.7. The minimum absolute atomic E-state index is 0.211. The predicted octanol–water partition coefficient (Wildman–Crippen LogP) is 5.75. The molecule has 0 aliphatic carbocycles. The molecule has 0 saturated heterocycles. The molecule has 6 heteroatoms. The van der Waals surface area contributed by atoms with Gasteiger partial charge in [0.25, 0.3) is 0 Å². The average Bonchev–Trinajstić information content (AvgIpc) is 2.77. The predicted molar refractivity (Wildman–Crippen MR) is 130 cm³/mol. The van der Waals surface area contributed by atoms with Crippen molar-refractivity contribution in [3.63, 3.8) is 0 Å². The number of hydrogen-bond donors (Lipinski definition) is 1. The minimum atomic E-state index is -0.211. The number of methoxy groups -OCH3 is 1. The zero-order valence-electron chi connectivity index (χ0n) is 17.8. The molecule has 0 heterocycles. The van der Waals surface area contributed by atoms with Crippen LogP contribution >= 0.6 is 15.9 Å². The van der Waals surface area contributed by atoms with Crippen LogP contribution in [0.25, 0.3) is 6.08 Å². The highest BCUT2D eigenvalue weighted by Crippen LogP contribution is 2.37. The highest BCUT2D eigenvalue weighted by Gasteiger charge is 2.11. The first-order chi connectivity index (χ1) is 15.0. The standard InChI is InChI=1S/C25H25BrN2O3/c1-28(2)21-12-10-20(11-13-21)27-24(29)14-9-19-15-22(26)25(23(16-19)30-3)31-17-18-7-5-4-6-8-18/h4-16H,17H2,1-3H3,(H,27,29)/b14-9+. The van der Waals surface area contributed by atoms with E-state index >= 15 is 0 Å². The Balaban J connectivity index is 1.67. The first kappa shape index (κ1) is 22.4. The lowest BCUT2D eigenvalue weighted by molar-refractivity contribution is -0.111. The number of hydrogen-bond acceptors (Lipinski definition) is 4. The lowest BCUT2D eigenvalue weighted by Gasteiger charge is -2.14. The molecule has 31 heavy (non-hydrogen) atoms. The van der Waals surface area contributed by atoms with Crippen molar-refractivity contribution in [1.82, 2.24) is 0 Å². The molecule has 0 aromatic heterocycles. The molecule has 1 N–H and O–H groups in total. The number of carbonyl (C=O) groups is 1. The summed E-state index contributed by atoms with van der Waals surface area (Å²) in [6.45, 7) is 0.431. The van der Waals surface area contributed by atoms with Gasteiger partial charge in [0.05, 0.1) is 11.6 Å². The Hall–Kier alpha value is -3.25. The number of nitrogens with one attached hydrogen (secondary N) is 1. The van der Waals surface area contributed by atoms with Crippen molar-refractivity contribution in [2.75, 3.05) is 31.4 Å². The van der Waals surface area contributed by atoms with Crippen LogP contribution in [-0.2, 0) is 11.4 Å². The SMILES string of the molecule is COc1cc(/C=C/C(=O)Nc2ccc(N(C)C)cc2)cc(Br)c1OCc1ccccc1. The Labute approximate surface area is 191 Å². The first-order valence-corrected chi connectivity index (χ1v) is 10.6. The number of anilines is 2. The van der Waals surface area contributed by atoms with E-state index in [1.807, 2.05) is 85.7 Å². The number of benzene rings is 3. The number of amides is 1. The van der Waals surface area contributed by atoms with Crippen molar-refractivity contribution in [2.24, 2.45) is 0 Å². The van der Waals surface area contributed by atoms with Gasteiger partial charge in [0, 0.05) is 31.5 Å². The fourth-order valence-corrected chi connectivity index (χ4v) is 3.48. The second-order valence-electron chi connectivity index (χ2n) is 7.07. The van der Waals surface area contributed by atoms with E-state index in [1.165, 1.54) is 6.08 Å². The fourth-order valence-electron chi connectivity index (χ4n) is 2.90. The number of nitrogens with zero attached hydrogens (tertiary/aromatic N) is 1. The van der Waals surface area contributed by atoms with E-state index in [9.17, 15) is 4.79 Å². The molecular formula is C25H25BrN2O3. The Morgan fingerprint density at radius 2 is 1.77 bits per heavy atom. The molecule has 0 fully saturated rings. The van der Waals surface area contributed by atoms with Crippen molar-refractivity contribution in [2.45, 2.75) is 6.61 Å². The average molecular weight is 481 g/mol. The number of halogens is 1. The third kappa shape index (κ3) is 6.36. The van der Waals surface area contributed by atoms with E-state index in [1.54, 1.807) is 13.2 Å². The molecule has 3 aromatic rings. The second-order valence-corrected chi connectivity index (χ2v) is 7.93. The summed E-state index contributed by atoms with van der Waals surface area (Å²) >= 11 is 3.55. The number of carbonyl (C=O) groups excluding carboxylic acids is 1. The van der Waals surface area contributed by atoms with Gasteiger partial charge < -0.3 is 19.7 Å². The monoisotopic (exact) mass is 480 g/mol. The highest BCUT2D eigenvalue weighted by molar-refractivity contribution is 9.10. The smallest absolute Gasteiger partial charge is 0.248 e. The largest absolute Gasteiger partial charge is 0.493 e. The molecule has 0 aliphatic rings. The Bertz CT molecular complexity index is 1050. The van der Waals surface area contributed by atoms with E-state index in [2.05, 4.69) is 21.2 Å². The Morgan fingerprint density at radius 3 is 2.42 bits per heavy atom. The molecule has 0 atom stereocenters. The normalized spacial score (nSPS) is 10.7. The van der Waals surface area contributed by atoms with Crippen molar-refractivity contribution in [3.05, 3.63) is 88.4 Å². The summed E-state index contributed by atoms with van der Waals surface area (Å²) in [5.74, 6) is 0.996. The van der Waals surface area contributed by atoms with Crippen LogP contribution < -0.4 is 19.7 Å². The van der Waals surface area contributed by atoms with Crippen LogP contribution in [0.15, 0.2) is 77.3 Å². The first-order valence-electron chi connectivity index (χ1n) is 9.77. The number of rotatable bonds is 8. The molecule has 0 unspecified atom stereocenters. The number of ether oxygens (including phenoxy) is 2. The lowest BCUT2D eigenvalue weighted by Crippen LogP contribution is -2.10. The zero-order chi connectivity index (χ0) is 22.2. The molecule has 5 nitrogen and oxygen atoms in total. The molecule has 3 rings (SSSR count). The summed E-state index contributed by atoms with van der Waals surface area (Å²) in [7, 11) is 5.54. The van der Waals surface area contributed by atoms with Crippen molar-refractivity contribution in [1.29, 1.82) is 0 Å². The van der Waals surface area contributed by atoms with Gasteiger partial charge in [0.2, 0.25) is 5.91 Å². The fraction of sp³-hybridized carbons (Fsp3) is 0.160. The molecule has 0 bridgehead atoms. The topological polar surface area (TPSA) is 50.8 Å². The summed E-state index contributed by atoms with van der Waals surface area (Å²) in [5, 5.41) is 2.86. The summed E-state index contributed by atoms with van der Waals surface area (Å²) in [6, 6.07) is 21.3. The summed E-state index contributed by atoms with van der Waals surface area (Å²) in [5.41, 5.74) is 3.69. The van der Waals surface area contributed by atoms with E-state index in [-0.39, 0.29) is 5.91 Å². The molecular weight excluding hydrogens is 456 g/mol. The zero-order valence-corrected chi connectivity index (χ0v) is 19.3. The Kier molecular flexibility index (Phi) is 7.73. The van der Waals surface area contributed by atoms with Gasteiger partial charge in [0.15, 0.2) is 11.5 Å². The van der Waals surface area contributed by atoms with Crippen molar-refractivity contribution in [3.8, 4) is 11.5 Å². The molecule has 0 aliphatic heterocycles. The van der Waals surface area contributed by atoms with Gasteiger partial charge >= 0.3 is 0 Å². The lowest BCUT2D eigenvalue weighted by atomic mass is 10.2. The maximum Gasteiger partial charge on any atom is 0.248 e. The van der Waals surface area contributed by atoms with Gasteiger partial charge in [-0.05, 0) is 69.5 Å². The van der Waals surface area contributed by atoms with E-state index in [0.29, 0.717) is 18.1 Å². The van der Waals surface area contributed by atoms with Crippen LogP contribution in [0.4, 0.5) is 11.4 Å². The van der Waals surface area contributed by atoms with E-state index < -0.39 is 0 Å². The summed E-state index contributed by atoms with van der Waals surface area (Å²) in [6.07, 6.45) is 3.23. The Morgan fingerprint density at radius 1 is 1.06 bits per heavy atom. The molecule has 160 valence electrons. The van der Waals surface area contributed by atoms with Gasteiger partial charge in [-0.25, -0.2) is 0 Å². The summed E-state index contributed by atoms with van der Waals surface area (Å²) < 4.78 is 12.2. The van der Waals surface area contributed by atoms with Crippen LogP contribution in [0, 0.1) is 0 Å². The molecule has 1 amide bonds. The van der Waals surface area contributed by atoms with Gasteiger partial charge in [0.1, 0.15) is 6.61 Å². The highest BCUT2D eigenvalue weighted by atomic mass is 79.9. The van der Waals surface area contributed by atoms with Gasteiger partial charge in [-0.1, -0.05) is 30.3 Å². The molecule has 0 spiro atoms. The van der Waals surface area contributed by atoms with Gasteiger partial charge in [-0.15, -0.1) is 0 Å². The van der Waals surface area contributed by atoms with E-state index in [4.69, 9.17) is 9.47 Å². The maximum absolute atomic E-state index is 12.3. The van der Waals surface area contributed by atoms with Crippen molar-refractivity contribution < 1.29 is 14.3 Å². The van der Waals surface area contributed by atoms with Crippen LogP contribution in [0.3, 0.4) is 0 Å². The van der Waals surface area contributed by atoms with E-state index in [0.717, 1.165) is 27.0 Å². The van der Waals surface area contributed by atoms with Crippen molar-refractivity contribution >= 4 is 39.3 Å². The molecule has 3 aromatic carbocycles. The third-order valence-electron chi connectivity index (χ3n) is 4.56. The van der Waals surface area contributed by atoms with Crippen LogP contribution in [0.5, 0.6) is 11.5 Å². The van der Waals surface area contributed by atoms with Gasteiger partial charge in [-0.2, -0.15) is 0 Å². The van der Waals surface area contributed by atoms with Gasteiger partial charge in [-0.3, -0.25) is 4.79 Å². The summed E-state index contributed by atoms with van der Waals surface area (Å²) in [4.78, 5) is 14.3. The third-order valence-corrected chi connectivity index (χ3v) is 5.15. The molecule has 0 radical (unpaired) electrons. The van der Waals surface area contributed by atoms with Crippen LogP contribution in [0.1, 0.15) is 11.1 Å². The van der Waals surface area contributed by atoms with Crippen LogP contribution in [0.2, 0.25) is 0 Å². The van der Waals surface area contributed by atoms with Crippen LogP contribution in [-0.4, -0.2) is 27.1 Å². The minimum Gasteiger partial charge on any atom is -0.493 e. The quantitative estimate of drug-likeness (QED) is 0.416. The maximum atomic E-state index is 12.3. The molecule has 0 saturated carbocycles.